The van der Waals surface area contributed by atoms with Crippen molar-refractivity contribution in [3.05, 3.63) is 60.7 Å². The van der Waals surface area contributed by atoms with Crippen molar-refractivity contribution in [1.29, 1.82) is 0 Å². The van der Waals surface area contributed by atoms with Crippen molar-refractivity contribution in [1.82, 2.24) is 19.2 Å². The molecule has 4 heterocycles. The van der Waals surface area contributed by atoms with Crippen molar-refractivity contribution >= 4 is 50.7 Å². The van der Waals surface area contributed by atoms with Crippen LogP contribution in [-0.4, -0.2) is 53.7 Å². The number of nitrogens with one attached hydrogen (secondary N) is 1. The quantitative estimate of drug-likeness (QED) is 0.290. The maximum absolute atomic E-state index is 11.6. The van der Waals surface area contributed by atoms with E-state index >= 15 is 0 Å². The van der Waals surface area contributed by atoms with Crippen LogP contribution in [0.5, 0.6) is 0 Å². The van der Waals surface area contributed by atoms with E-state index in [-0.39, 0.29) is 0 Å². The molecule has 9 heteroatoms. The highest BCUT2D eigenvalue weighted by molar-refractivity contribution is 7.98. The predicted molar refractivity (Wildman–Crippen MR) is 155 cm³/mol. The van der Waals surface area contributed by atoms with E-state index in [2.05, 4.69) is 58.5 Å². The molecule has 37 heavy (non-hydrogen) atoms. The van der Waals surface area contributed by atoms with Crippen molar-refractivity contribution in [3.8, 4) is 11.3 Å². The number of fused-ring (bicyclic) bond motifs is 1. The normalized spacial score (nSPS) is 16.8. The van der Waals surface area contributed by atoms with E-state index in [4.69, 9.17) is 4.98 Å². The number of anilines is 3. The fourth-order valence-electron chi connectivity index (χ4n) is 4.93. The van der Waals surface area contributed by atoms with E-state index in [0.717, 1.165) is 41.6 Å². The first-order chi connectivity index (χ1) is 17.9. The molecule has 2 aliphatic rings. The fraction of sp³-hybridized carbons (Fsp3) is 0.393. The van der Waals surface area contributed by atoms with Crippen molar-refractivity contribution in [2.45, 2.75) is 37.9 Å². The first-order valence-corrected chi connectivity index (χ1v) is 15.4. The van der Waals surface area contributed by atoms with Crippen molar-refractivity contribution in [2.75, 3.05) is 35.3 Å². The third-order valence-corrected chi connectivity index (χ3v) is 9.10. The first-order valence-electron chi connectivity index (χ1n) is 12.9. The Morgan fingerprint density at radius 2 is 1.95 bits per heavy atom. The molecule has 1 saturated carbocycles. The van der Waals surface area contributed by atoms with E-state index in [0.29, 0.717) is 17.1 Å². The molecule has 1 saturated heterocycles. The minimum absolute atomic E-state index is 0.399. The zero-order valence-corrected chi connectivity index (χ0v) is 23.1. The van der Waals surface area contributed by atoms with Gasteiger partial charge in [0.2, 0.25) is 0 Å². The predicted octanol–water partition coefficient (Wildman–Crippen LogP) is 5.83. The Hall–Kier alpha value is -2.91. The second-order valence-corrected chi connectivity index (χ2v) is 13.2. The molecule has 2 fully saturated rings. The SMILES string of the molecule is CC(C)c1ccc(N2CC(CS(C)=O)C2)c2cnc(Nc3ccnc(-c4cnn(SC5CC5)c4)c3)cc12. The number of benzene rings is 1. The Labute approximate surface area is 224 Å². The molecular formula is C28H32N6OS2. The van der Waals surface area contributed by atoms with E-state index in [9.17, 15) is 4.21 Å². The smallest absolute Gasteiger partial charge is 0.130 e. The molecule has 1 aliphatic heterocycles. The highest BCUT2D eigenvalue weighted by Gasteiger charge is 2.29. The minimum Gasteiger partial charge on any atom is -0.370 e. The summed E-state index contributed by atoms with van der Waals surface area (Å²) >= 11 is 1.78. The van der Waals surface area contributed by atoms with Gasteiger partial charge in [0.25, 0.3) is 0 Å². The average Bonchev–Trinajstić information content (AvgIpc) is 3.54. The molecule has 1 aliphatic carbocycles. The van der Waals surface area contributed by atoms with Gasteiger partial charge >= 0.3 is 0 Å². The minimum atomic E-state index is -0.746. The summed E-state index contributed by atoms with van der Waals surface area (Å²) in [5.74, 6) is 2.49. The van der Waals surface area contributed by atoms with Gasteiger partial charge in [-0.2, -0.15) is 5.10 Å². The number of hydrogen-bond donors (Lipinski definition) is 1. The highest BCUT2D eigenvalue weighted by Crippen LogP contribution is 2.38. The van der Waals surface area contributed by atoms with Crippen LogP contribution in [0, 0.1) is 5.92 Å². The summed E-state index contributed by atoms with van der Waals surface area (Å²) in [6.07, 6.45) is 12.1. The summed E-state index contributed by atoms with van der Waals surface area (Å²) in [4.78, 5) is 11.7. The van der Waals surface area contributed by atoms with Gasteiger partial charge in [-0.1, -0.05) is 19.9 Å². The van der Waals surface area contributed by atoms with Crippen LogP contribution in [-0.2, 0) is 10.8 Å². The second kappa shape index (κ2) is 10.1. The molecule has 0 radical (unpaired) electrons. The second-order valence-electron chi connectivity index (χ2n) is 10.4. The Bertz CT molecular complexity index is 1460. The number of nitrogens with zero attached hydrogens (tertiary/aromatic N) is 5. The maximum Gasteiger partial charge on any atom is 0.130 e. The fourth-order valence-corrected chi connectivity index (χ4v) is 6.74. The van der Waals surface area contributed by atoms with Gasteiger partial charge in [-0.15, -0.1) is 0 Å². The average molecular weight is 533 g/mol. The molecule has 0 bridgehead atoms. The van der Waals surface area contributed by atoms with Gasteiger partial charge in [0, 0.05) is 88.0 Å². The third-order valence-electron chi connectivity index (χ3n) is 6.97. The molecule has 1 N–H and O–H groups in total. The molecular weight excluding hydrogens is 500 g/mol. The third kappa shape index (κ3) is 5.38. The Morgan fingerprint density at radius 1 is 1.11 bits per heavy atom. The lowest BCUT2D eigenvalue weighted by Gasteiger charge is -2.41. The highest BCUT2D eigenvalue weighted by atomic mass is 32.2. The number of pyridine rings is 2. The van der Waals surface area contributed by atoms with Crippen LogP contribution in [0.25, 0.3) is 22.0 Å². The van der Waals surface area contributed by atoms with Crippen LogP contribution in [0.4, 0.5) is 17.2 Å². The largest absolute Gasteiger partial charge is 0.370 e. The Balaban J connectivity index is 1.25. The lowest BCUT2D eigenvalue weighted by Crippen LogP contribution is -2.49. The van der Waals surface area contributed by atoms with Crippen LogP contribution in [0.15, 0.2) is 55.1 Å². The van der Waals surface area contributed by atoms with E-state index in [1.807, 2.05) is 34.8 Å². The summed E-state index contributed by atoms with van der Waals surface area (Å²) in [6, 6.07) is 10.7. The van der Waals surface area contributed by atoms with Gasteiger partial charge in [0.1, 0.15) is 5.82 Å². The maximum atomic E-state index is 11.6. The summed E-state index contributed by atoms with van der Waals surface area (Å²) in [5.41, 5.74) is 5.37. The summed E-state index contributed by atoms with van der Waals surface area (Å²) in [7, 11) is -0.746. The summed E-state index contributed by atoms with van der Waals surface area (Å²) < 4.78 is 13.6. The monoisotopic (exact) mass is 532 g/mol. The molecule has 3 aromatic heterocycles. The Kier molecular flexibility index (Phi) is 6.67. The van der Waals surface area contributed by atoms with Gasteiger partial charge in [0.15, 0.2) is 0 Å². The summed E-state index contributed by atoms with van der Waals surface area (Å²) in [6.45, 7) is 6.36. The number of aromatic nitrogens is 4. The van der Waals surface area contributed by atoms with Crippen LogP contribution in [0.2, 0.25) is 0 Å². The van der Waals surface area contributed by atoms with E-state index in [1.165, 1.54) is 34.9 Å². The van der Waals surface area contributed by atoms with Crippen LogP contribution >= 0.6 is 11.9 Å². The Morgan fingerprint density at radius 3 is 2.70 bits per heavy atom. The number of hydrogen-bond acceptors (Lipinski definition) is 7. The standard InChI is InChI=1S/C28H32N6OS2/c1-18(2)23-6-7-27(33-14-19(15-33)17-37(3)35)25-13-30-28(11-24(23)25)32-21-8-9-29-26(10-21)20-12-31-34(16-20)36-22-4-5-22/h6-13,16,18-19,22H,4-5,14-15,17H2,1-3H3,(H,29,30,32). The van der Waals surface area contributed by atoms with E-state index < -0.39 is 10.8 Å². The first kappa shape index (κ1) is 24.4. The van der Waals surface area contributed by atoms with Crippen LogP contribution in [0.3, 0.4) is 0 Å². The zero-order chi connectivity index (χ0) is 25.5. The van der Waals surface area contributed by atoms with Crippen molar-refractivity contribution in [2.24, 2.45) is 5.92 Å². The van der Waals surface area contributed by atoms with Crippen LogP contribution in [0.1, 0.15) is 38.2 Å². The lowest BCUT2D eigenvalue weighted by molar-refractivity contribution is 0.452. The molecule has 0 spiro atoms. The van der Waals surface area contributed by atoms with Gasteiger partial charge in [-0.05, 0) is 65.9 Å². The van der Waals surface area contributed by atoms with Gasteiger partial charge < -0.3 is 10.2 Å². The van der Waals surface area contributed by atoms with Crippen molar-refractivity contribution in [3.63, 3.8) is 0 Å². The van der Waals surface area contributed by atoms with Gasteiger partial charge in [0.05, 0.1) is 11.9 Å². The molecule has 7 nitrogen and oxygen atoms in total. The molecule has 1 unspecified atom stereocenters. The molecule has 192 valence electrons. The number of rotatable bonds is 9. The lowest BCUT2D eigenvalue weighted by atomic mass is 9.93. The topological polar surface area (TPSA) is 75.9 Å². The molecule has 4 aromatic rings. The van der Waals surface area contributed by atoms with Gasteiger partial charge in [-0.3, -0.25) is 9.19 Å². The zero-order valence-electron chi connectivity index (χ0n) is 21.4. The van der Waals surface area contributed by atoms with Crippen LogP contribution < -0.4 is 10.2 Å². The molecule has 1 atom stereocenters. The molecule has 1 aromatic carbocycles. The van der Waals surface area contributed by atoms with Gasteiger partial charge in [-0.25, -0.2) is 9.07 Å². The molecule has 0 amide bonds. The summed E-state index contributed by atoms with van der Waals surface area (Å²) in [5, 5.41) is 11.1. The van der Waals surface area contributed by atoms with E-state index in [1.54, 1.807) is 18.2 Å². The molecule has 6 rings (SSSR count). The van der Waals surface area contributed by atoms with Crippen molar-refractivity contribution < 1.29 is 4.21 Å².